The fraction of sp³-hybridized carbons (Fsp3) is 0.0909. The lowest BCUT2D eigenvalue weighted by atomic mass is 10.1. The zero-order valence-electron chi connectivity index (χ0n) is 15.7. The second kappa shape index (κ2) is 9.27. The molecule has 0 aromatic heterocycles. The van der Waals surface area contributed by atoms with Crippen molar-refractivity contribution >= 4 is 17.8 Å². The van der Waals surface area contributed by atoms with Crippen molar-refractivity contribution in [2.45, 2.75) is 13.5 Å². The van der Waals surface area contributed by atoms with Crippen LogP contribution in [0.5, 0.6) is 5.75 Å². The van der Waals surface area contributed by atoms with E-state index in [4.69, 9.17) is 4.74 Å². The number of nitro benzene ring substituents is 1. The molecular weight excluding hydrogens is 370 g/mol. The number of hydrazone groups is 1. The van der Waals surface area contributed by atoms with E-state index < -0.39 is 4.92 Å². The summed E-state index contributed by atoms with van der Waals surface area (Å²) >= 11 is 0. The van der Waals surface area contributed by atoms with Crippen LogP contribution in [-0.2, 0) is 6.61 Å². The second-order valence-electron chi connectivity index (χ2n) is 6.35. The molecule has 3 rings (SSSR count). The number of amides is 1. The Hall–Kier alpha value is -4.00. The van der Waals surface area contributed by atoms with Gasteiger partial charge in [0.1, 0.15) is 12.4 Å². The zero-order valence-corrected chi connectivity index (χ0v) is 15.7. The second-order valence-corrected chi connectivity index (χ2v) is 6.35. The minimum atomic E-state index is -0.486. The lowest BCUT2D eigenvalue weighted by Crippen LogP contribution is -2.17. The van der Waals surface area contributed by atoms with Crippen LogP contribution in [0.1, 0.15) is 27.0 Å². The number of non-ortho nitro benzene ring substituents is 1. The van der Waals surface area contributed by atoms with Crippen molar-refractivity contribution < 1.29 is 14.5 Å². The SMILES string of the molecule is Cc1ccc(OCc2ccc(C(=O)N/N=C/c3cccc([N+](=O)[O-])c3)cc2)cc1. The molecule has 29 heavy (non-hydrogen) atoms. The maximum atomic E-state index is 12.2. The lowest BCUT2D eigenvalue weighted by Gasteiger charge is -2.07. The highest BCUT2D eigenvalue weighted by Gasteiger charge is 2.06. The Balaban J connectivity index is 1.54. The fourth-order valence-electron chi connectivity index (χ4n) is 2.50. The molecule has 1 N–H and O–H groups in total. The Morgan fingerprint density at radius 2 is 1.83 bits per heavy atom. The van der Waals surface area contributed by atoms with E-state index in [0.29, 0.717) is 17.7 Å². The number of hydrogen-bond donors (Lipinski definition) is 1. The van der Waals surface area contributed by atoms with E-state index in [9.17, 15) is 14.9 Å². The molecule has 3 aromatic carbocycles. The number of ether oxygens (including phenoxy) is 1. The number of carbonyl (C=O) groups excluding carboxylic acids is 1. The van der Waals surface area contributed by atoms with Gasteiger partial charge in [0.05, 0.1) is 11.1 Å². The molecule has 0 bridgehead atoms. The van der Waals surface area contributed by atoms with E-state index in [0.717, 1.165) is 11.3 Å². The van der Waals surface area contributed by atoms with Gasteiger partial charge >= 0.3 is 0 Å². The average molecular weight is 389 g/mol. The van der Waals surface area contributed by atoms with Gasteiger partial charge in [0, 0.05) is 23.3 Å². The minimum absolute atomic E-state index is 0.0382. The highest BCUT2D eigenvalue weighted by Crippen LogP contribution is 2.14. The fourth-order valence-corrected chi connectivity index (χ4v) is 2.50. The van der Waals surface area contributed by atoms with Gasteiger partial charge < -0.3 is 4.74 Å². The predicted octanol–water partition coefficient (Wildman–Crippen LogP) is 4.25. The standard InChI is InChI=1S/C22H19N3O4/c1-16-5-11-21(12-6-16)29-15-17-7-9-19(10-8-17)22(26)24-23-14-18-3-2-4-20(13-18)25(27)28/h2-14H,15H2,1H3,(H,24,26)/b23-14+. The van der Waals surface area contributed by atoms with E-state index >= 15 is 0 Å². The monoisotopic (exact) mass is 389 g/mol. The van der Waals surface area contributed by atoms with Crippen LogP contribution >= 0.6 is 0 Å². The summed E-state index contributed by atoms with van der Waals surface area (Å²) in [6, 6.07) is 20.8. The van der Waals surface area contributed by atoms with Gasteiger partial charge in [-0.25, -0.2) is 5.43 Å². The highest BCUT2D eigenvalue weighted by atomic mass is 16.6. The zero-order chi connectivity index (χ0) is 20.6. The van der Waals surface area contributed by atoms with Crippen molar-refractivity contribution in [3.63, 3.8) is 0 Å². The average Bonchev–Trinajstić information content (AvgIpc) is 2.74. The molecule has 0 heterocycles. The number of aryl methyl sites for hydroxylation is 1. The molecule has 0 saturated heterocycles. The highest BCUT2D eigenvalue weighted by molar-refractivity contribution is 5.94. The molecule has 0 fully saturated rings. The Morgan fingerprint density at radius 1 is 1.10 bits per heavy atom. The van der Waals surface area contributed by atoms with Crippen molar-refractivity contribution in [3.8, 4) is 5.75 Å². The van der Waals surface area contributed by atoms with Crippen LogP contribution in [0, 0.1) is 17.0 Å². The molecule has 0 saturated carbocycles. The number of nitro groups is 1. The summed E-state index contributed by atoms with van der Waals surface area (Å²) in [5.41, 5.74) is 5.43. The molecule has 0 spiro atoms. The van der Waals surface area contributed by atoms with E-state index in [1.54, 1.807) is 24.3 Å². The summed E-state index contributed by atoms with van der Waals surface area (Å²) in [5, 5.41) is 14.6. The van der Waals surface area contributed by atoms with Crippen LogP contribution in [0.3, 0.4) is 0 Å². The van der Waals surface area contributed by atoms with Crippen LogP contribution in [-0.4, -0.2) is 17.0 Å². The van der Waals surface area contributed by atoms with Gasteiger partial charge in [0.25, 0.3) is 11.6 Å². The van der Waals surface area contributed by atoms with E-state index in [1.807, 2.05) is 43.3 Å². The van der Waals surface area contributed by atoms with Crippen LogP contribution < -0.4 is 10.2 Å². The van der Waals surface area contributed by atoms with Gasteiger partial charge in [-0.15, -0.1) is 0 Å². The number of hydrogen-bond acceptors (Lipinski definition) is 5. The van der Waals surface area contributed by atoms with Crippen LogP contribution in [0.15, 0.2) is 77.9 Å². The topological polar surface area (TPSA) is 93.8 Å². The number of benzene rings is 3. The number of nitrogens with zero attached hydrogens (tertiary/aromatic N) is 2. The molecule has 0 atom stereocenters. The Bertz CT molecular complexity index is 1030. The minimum Gasteiger partial charge on any atom is -0.489 e. The molecule has 1 amide bonds. The summed E-state index contributed by atoms with van der Waals surface area (Å²) < 4.78 is 5.72. The third-order valence-electron chi connectivity index (χ3n) is 4.10. The van der Waals surface area contributed by atoms with Crippen LogP contribution in [0.2, 0.25) is 0 Å². The summed E-state index contributed by atoms with van der Waals surface area (Å²) in [5.74, 6) is 0.408. The third kappa shape index (κ3) is 5.74. The van der Waals surface area contributed by atoms with Crippen molar-refractivity contribution in [3.05, 3.63) is 105 Å². The first-order valence-electron chi connectivity index (χ1n) is 8.87. The summed E-state index contributed by atoms with van der Waals surface area (Å²) in [7, 11) is 0. The smallest absolute Gasteiger partial charge is 0.271 e. The molecule has 146 valence electrons. The molecule has 7 heteroatoms. The first kappa shape index (κ1) is 19.8. The Morgan fingerprint density at radius 3 is 2.52 bits per heavy atom. The normalized spacial score (nSPS) is 10.7. The first-order valence-corrected chi connectivity index (χ1v) is 8.87. The quantitative estimate of drug-likeness (QED) is 0.371. The van der Waals surface area contributed by atoms with E-state index in [2.05, 4.69) is 10.5 Å². The maximum Gasteiger partial charge on any atom is 0.271 e. The van der Waals surface area contributed by atoms with Crippen LogP contribution in [0.4, 0.5) is 5.69 Å². The summed E-state index contributed by atoms with van der Waals surface area (Å²) in [4.78, 5) is 22.5. The number of carbonyl (C=O) groups is 1. The Kier molecular flexibility index (Phi) is 6.32. The molecule has 0 aliphatic rings. The van der Waals surface area contributed by atoms with Gasteiger partial charge in [-0.2, -0.15) is 5.10 Å². The summed E-state index contributed by atoms with van der Waals surface area (Å²) in [6.07, 6.45) is 1.36. The van der Waals surface area contributed by atoms with Gasteiger partial charge in [-0.3, -0.25) is 14.9 Å². The molecule has 0 radical (unpaired) electrons. The number of rotatable bonds is 7. The lowest BCUT2D eigenvalue weighted by molar-refractivity contribution is -0.384. The number of nitrogens with one attached hydrogen (secondary N) is 1. The largest absolute Gasteiger partial charge is 0.489 e. The van der Waals surface area contributed by atoms with Crippen molar-refractivity contribution in [2.75, 3.05) is 0 Å². The van der Waals surface area contributed by atoms with E-state index in [1.165, 1.54) is 23.9 Å². The van der Waals surface area contributed by atoms with Gasteiger partial charge in [0.15, 0.2) is 0 Å². The molecule has 3 aromatic rings. The molecular formula is C22H19N3O4. The van der Waals surface area contributed by atoms with Crippen molar-refractivity contribution in [1.82, 2.24) is 5.43 Å². The van der Waals surface area contributed by atoms with Crippen molar-refractivity contribution in [1.29, 1.82) is 0 Å². The summed E-state index contributed by atoms with van der Waals surface area (Å²) in [6.45, 7) is 2.41. The third-order valence-corrected chi connectivity index (χ3v) is 4.10. The Labute approximate surface area is 167 Å². The molecule has 0 unspecified atom stereocenters. The van der Waals surface area contributed by atoms with Crippen molar-refractivity contribution in [2.24, 2.45) is 5.10 Å². The molecule has 0 aliphatic heterocycles. The van der Waals surface area contributed by atoms with Gasteiger partial charge in [0.2, 0.25) is 0 Å². The van der Waals surface area contributed by atoms with Crippen LogP contribution in [0.25, 0.3) is 0 Å². The predicted molar refractivity (Wildman–Crippen MR) is 110 cm³/mol. The van der Waals surface area contributed by atoms with Gasteiger partial charge in [-0.1, -0.05) is 42.0 Å². The van der Waals surface area contributed by atoms with Gasteiger partial charge in [-0.05, 0) is 36.8 Å². The van der Waals surface area contributed by atoms with E-state index in [-0.39, 0.29) is 11.6 Å². The molecule has 7 nitrogen and oxygen atoms in total. The maximum absolute atomic E-state index is 12.2. The molecule has 0 aliphatic carbocycles. The first-order chi connectivity index (χ1) is 14.0.